The summed E-state index contributed by atoms with van der Waals surface area (Å²) in [4.78, 5) is 16.2. The monoisotopic (exact) mass is 300 g/mol. The molecule has 0 bridgehead atoms. The summed E-state index contributed by atoms with van der Waals surface area (Å²) in [6.45, 7) is 2.03. The molecule has 1 N–H and O–H groups in total. The first-order valence-corrected chi connectivity index (χ1v) is 7.55. The number of nitrogens with zero attached hydrogens (tertiary/aromatic N) is 1. The van der Waals surface area contributed by atoms with Gasteiger partial charge in [0, 0.05) is 28.3 Å². The lowest BCUT2D eigenvalue weighted by Gasteiger charge is -2.23. The van der Waals surface area contributed by atoms with Gasteiger partial charge < -0.3 is 5.32 Å². The number of benzene rings is 1. The molecule has 1 aliphatic carbocycles. The minimum atomic E-state index is 0.0788. The first-order chi connectivity index (χ1) is 10.1. The standard InChI is InChI=1S/C17H17ClN2O/c1-11-5-7-15(18)14(9-11)13-6-8-16(19-10-13)20-17(21)12-3-2-4-12/h5-10,12H,2-4H2,1H3,(H,19,20,21). The van der Waals surface area contributed by atoms with Crippen LogP contribution in [0.3, 0.4) is 0 Å². The second-order valence-electron chi connectivity index (χ2n) is 5.53. The van der Waals surface area contributed by atoms with Gasteiger partial charge in [0.2, 0.25) is 5.91 Å². The third-order valence-electron chi connectivity index (χ3n) is 3.92. The van der Waals surface area contributed by atoms with Crippen LogP contribution in [0.25, 0.3) is 11.1 Å². The number of carbonyl (C=O) groups is 1. The molecule has 2 aromatic rings. The fourth-order valence-electron chi connectivity index (χ4n) is 2.39. The van der Waals surface area contributed by atoms with E-state index in [4.69, 9.17) is 11.6 Å². The molecule has 21 heavy (non-hydrogen) atoms. The normalized spacial score (nSPS) is 14.6. The van der Waals surface area contributed by atoms with Crippen LogP contribution in [0.15, 0.2) is 36.5 Å². The van der Waals surface area contributed by atoms with Crippen molar-refractivity contribution < 1.29 is 4.79 Å². The van der Waals surface area contributed by atoms with Crippen LogP contribution in [-0.2, 0) is 4.79 Å². The highest BCUT2D eigenvalue weighted by molar-refractivity contribution is 6.33. The Hall–Kier alpha value is -1.87. The Morgan fingerprint density at radius 2 is 2.10 bits per heavy atom. The van der Waals surface area contributed by atoms with Crippen molar-refractivity contribution in [1.29, 1.82) is 0 Å². The molecule has 1 saturated carbocycles. The molecule has 1 aromatic carbocycles. The Morgan fingerprint density at radius 1 is 1.29 bits per heavy atom. The molecule has 0 saturated heterocycles. The number of aromatic nitrogens is 1. The van der Waals surface area contributed by atoms with Crippen LogP contribution >= 0.6 is 11.6 Å². The van der Waals surface area contributed by atoms with Crippen molar-refractivity contribution in [3.05, 3.63) is 47.1 Å². The first kappa shape index (κ1) is 14.1. The number of amides is 1. The van der Waals surface area contributed by atoms with Crippen molar-refractivity contribution in [2.75, 3.05) is 5.32 Å². The van der Waals surface area contributed by atoms with E-state index in [9.17, 15) is 4.79 Å². The van der Waals surface area contributed by atoms with Crippen molar-refractivity contribution in [2.45, 2.75) is 26.2 Å². The van der Waals surface area contributed by atoms with Crippen LogP contribution in [0.2, 0.25) is 5.02 Å². The molecule has 108 valence electrons. The highest BCUT2D eigenvalue weighted by Crippen LogP contribution is 2.30. The zero-order chi connectivity index (χ0) is 14.8. The molecular weight excluding hydrogens is 284 g/mol. The number of hydrogen-bond donors (Lipinski definition) is 1. The summed E-state index contributed by atoms with van der Waals surface area (Å²) in [6, 6.07) is 9.66. The predicted molar refractivity (Wildman–Crippen MR) is 85.4 cm³/mol. The summed E-state index contributed by atoms with van der Waals surface area (Å²) >= 11 is 6.23. The minimum absolute atomic E-state index is 0.0788. The van der Waals surface area contributed by atoms with Crippen molar-refractivity contribution in [3.63, 3.8) is 0 Å². The highest BCUT2D eigenvalue weighted by Gasteiger charge is 2.25. The number of carbonyl (C=O) groups excluding carboxylic acids is 1. The Morgan fingerprint density at radius 3 is 2.71 bits per heavy atom. The van der Waals surface area contributed by atoms with Crippen LogP contribution in [0.5, 0.6) is 0 Å². The van der Waals surface area contributed by atoms with E-state index < -0.39 is 0 Å². The zero-order valence-corrected chi connectivity index (χ0v) is 12.7. The van der Waals surface area contributed by atoms with Gasteiger partial charge in [0.15, 0.2) is 0 Å². The van der Waals surface area contributed by atoms with E-state index in [-0.39, 0.29) is 11.8 Å². The summed E-state index contributed by atoms with van der Waals surface area (Å²) in [6.07, 6.45) is 4.87. The van der Waals surface area contributed by atoms with E-state index >= 15 is 0 Å². The van der Waals surface area contributed by atoms with Gasteiger partial charge in [-0.3, -0.25) is 4.79 Å². The number of hydrogen-bond acceptors (Lipinski definition) is 2. The molecule has 1 fully saturated rings. The number of pyridine rings is 1. The van der Waals surface area contributed by atoms with E-state index in [1.54, 1.807) is 6.20 Å². The van der Waals surface area contributed by atoms with E-state index in [1.807, 2.05) is 37.3 Å². The van der Waals surface area contributed by atoms with Gasteiger partial charge in [0.1, 0.15) is 5.82 Å². The van der Waals surface area contributed by atoms with E-state index in [0.717, 1.165) is 36.0 Å². The maximum Gasteiger partial charge on any atom is 0.228 e. The lowest BCUT2D eigenvalue weighted by atomic mass is 9.85. The summed E-state index contributed by atoms with van der Waals surface area (Å²) in [7, 11) is 0. The summed E-state index contributed by atoms with van der Waals surface area (Å²) in [5, 5.41) is 3.57. The lowest BCUT2D eigenvalue weighted by Crippen LogP contribution is -2.28. The molecule has 0 spiro atoms. The van der Waals surface area contributed by atoms with Gasteiger partial charge in [-0.15, -0.1) is 0 Å². The number of anilines is 1. The van der Waals surface area contributed by atoms with E-state index in [0.29, 0.717) is 10.8 Å². The van der Waals surface area contributed by atoms with Gasteiger partial charge in [-0.1, -0.05) is 29.7 Å². The number of rotatable bonds is 3. The van der Waals surface area contributed by atoms with Crippen LogP contribution in [0.4, 0.5) is 5.82 Å². The highest BCUT2D eigenvalue weighted by atomic mass is 35.5. The summed E-state index contributed by atoms with van der Waals surface area (Å²) in [5.41, 5.74) is 3.06. The third-order valence-corrected chi connectivity index (χ3v) is 4.25. The van der Waals surface area contributed by atoms with Gasteiger partial charge >= 0.3 is 0 Å². The second kappa shape index (κ2) is 5.86. The van der Waals surface area contributed by atoms with Crippen LogP contribution in [0, 0.1) is 12.8 Å². The molecule has 3 nitrogen and oxygen atoms in total. The first-order valence-electron chi connectivity index (χ1n) is 7.17. The maximum absolute atomic E-state index is 11.9. The summed E-state index contributed by atoms with van der Waals surface area (Å²) < 4.78 is 0. The lowest BCUT2D eigenvalue weighted by molar-refractivity contribution is -0.122. The smallest absolute Gasteiger partial charge is 0.228 e. The van der Waals surface area contributed by atoms with E-state index in [1.165, 1.54) is 0 Å². The minimum Gasteiger partial charge on any atom is -0.310 e. The molecule has 4 heteroatoms. The topological polar surface area (TPSA) is 42.0 Å². The Kier molecular flexibility index (Phi) is 3.93. The van der Waals surface area contributed by atoms with Crippen molar-refractivity contribution in [1.82, 2.24) is 4.98 Å². The fourth-order valence-corrected chi connectivity index (χ4v) is 2.61. The summed E-state index contributed by atoms with van der Waals surface area (Å²) in [5.74, 6) is 0.840. The van der Waals surface area contributed by atoms with Gasteiger partial charge in [-0.25, -0.2) is 4.98 Å². The zero-order valence-electron chi connectivity index (χ0n) is 11.9. The average molecular weight is 301 g/mol. The van der Waals surface area contributed by atoms with Gasteiger partial charge in [0.25, 0.3) is 0 Å². The quantitative estimate of drug-likeness (QED) is 0.910. The van der Waals surface area contributed by atoms with Crippen molar-refractivity contribution in [2.24, 2.45) is 5.92 Å². The van der Waals surface area contributed by atoms with Gasteiger partial charge in [-0.2, -0.15) is 0 Å². The Bertz CT molecular complexity index is 663. The number of nitrogens with one attached hydrogen (secondary N) is 1. The molecule has 1 amide bonds. The van der Waals surface area contributed by atoms with E-state index in [2.05, 4.69) is 10.3 Å². The molecule has 0 radical (unpaired) electrons. The Labute approximate surface area is 129 Å². The molecule has 0 atom stereocenters. The van der Waals surface area contributed by atoms with Gasteiger partial charge in [0.05, 0.1) is 0 Å². The molecule has 3 rings (SSSR count). The predicted octanol–water partition coefficient (Wildman–Crippen LogP) is 4.45. The van der Waals surface area contributed by atoms with Crippen LogP contribution < -0.4 is 5.32 Å². The maximum atomic E-state index is 11.9. The van der Waals surface area contributed by atoms with Crippen molar-refractivity contribution >= 4 is 23.3 Å². The molecule has 0 aliphatic heterocycles. The second-order valence-corrected chi connectivity index (χ2v) is 5.94. The number of halogens is 1. The fraction of sp³-hybridized carbons (Fsp3) is 0.294. The van der Waals surface area contributed by atoms with Crippen LogP contribution in [-0.4, -0.2) is 10.9 Å². The van der Waals surface area contributed by atoms with Crippen molar-refractivity contribution in [3.8, 4) is 11.1 Å². The SMILES string of the molecule is Cc1ccc(Cl)c(-c2ccc(NC(=O)C3CCC3)nc2)c1. The third kappa shape index (κ3) is 3.08. The van der Waals surface area contributed by atoms with Gasteiger partial charge in [-0.05, 0) is 44.0 Å². The molecule has 1 heterocycles. The molecule has 1 aromatic heterocycles. The average Bonchev–Trinajstić information content (AvgIpc) is 2.40. The number of aryl methyl sites for hydroxylation is 1. The largest absolute Gasteiger partial charge is 0.310 e. The van der Waals surface area contributed by atoms with Crippen LogP contribution in [0.1, 0.15) is 24.8 Å². The molecule has 0 unspecified atom stereocenters. The molecule has 1 aliphatic rings. The Balaban J connectivity index is 1.77. The molecular formula is C17H17ClN2O.